The van der Waals surface area contributed by atoms with Gasteiger partial charge >= 0.3 is 0 Å². The van der Waals surface area contributed by atoms with Gasteiger partial charge in [0.25, 0.3) is 0 Å². The Morgan fingerprint density at radius 2 is 2.31 bits per heavy atom. The van der Waals surface area contributed by atoms with Crippen LogP contribution in [0.2, 0.25) is 0 Å². The largest absolute Gasteiger partial charge is 0.371 e. The first kappa shape index (κ1) is 10.2. The summed E-state index contributed by atoms with van der Waals surface area (Å²) in [6.45, 7) is 1.73. The molecule has 2 heterocycles. The molecule has 1 aromatic rings. The van der Waals surface area contributed by atoms with E-state index in [1.54, 1.807) is 6.07 Å². The van der Waals surface area contributed by atoms with Crippen molar-refractivity contribution in [3.8, 4) is 0 Å². The molecule has 1 saturated heterocycles. The lowest BCUT2D eigenvalue weighted by Gasteiger charge is -2.30. The van der Waals surface area contributed by atoms with E-state index in [1.165, 1.54) is 6.07 Å². The van der Waals surface area contributed by atoms with E-state index >= 15 is 0 Å². The molecule has 1 N–H and O–H groups in total. The van der Waals surface area contributed by atoms with Crippen LogP contribution in [-0.2, 0) is 11.2 Å². The van der Waals surface area contributed by atoms with E-state index in [0.29, 0.717) is 6.61 Å². The summed E-state index contributed by atoms with van der Waals surface area (Å²) in [5.41, 5.74) is 1.90. The molecular weight excluding hydrogens is 205 g/mol. The Kier molecular flexibility index (Phi) is 2.65. The molecule has 2 nitrogen and oxygen atoms in total. The molecule has 3 rings (SSSR count). The highest BCUT2D eigenvalue weighted by Crippen LogP contribution is 2.34. The van der Waals surface area contributed by atoms with Crippen LogP contribution in [0.4, 0.5) is 4.39 Å². The second kappa shape index (κ2) is 4.15. The normalized spacial score (nSPS) is 29.1. The first-order valence-electron chi connectivity index (χ1n) is 5.98. The van der Waals surface area contributed by atoms with Gasteiger partial charge < -0.3 is 10.1 Å². The average molecular weight is 221 g/mol. The van der Waals surface area contributed by atoms with Crippen molar-refractivity contribution in [3.63, 3.8) is 0 Å². The summed E-state index contributed by atoms with van der Waals surface area (Å²) in [6, 6.07) is 5.63. The van der Waals surface area contributed by atoms with E-state index in [-0.39, 0.29) is 18.0 Å². The third kappa shape index (κ3) is 1.64. The summed E-state index contributed by atoms with van der Waals surface area (Å²) in [7, 11) is 0. The van der Waals surface area contributed by atoms with Crippen molar-refractivity contribution < 1.29 is 9.13 Å². The summed E-state index contributed by atoms with van der Waals surface area (Å²) in [5, 5.41) is 3.40. The maximum Gasteiger partial charge on any atom is 0.129 e. The SMILES string of the molecule is Fc1cccc2c1[C@@H](C1CCCN1)OCC2. The third-order valence-corrected chi connectivity index (χ3v) is 3.56. The van der Waals surface area contributed by atoms with Crippen LogP contribution in [-0.4, -0.2) is 19.2 Å². The minimum absolute atomic E-state index is 0.0903. The van der Waals surface area contributed by atoms with E-state index in [4.69, 9.17) is 4.74 Å². The third-order valence-electron chi connectivity index (χ3n) is 3.56. The fourth-order valence-electron chi connectivity index (χ4n) is 2.78. The predicted octanol–water partition coefficient (Wildman–Crippen LogP) is 2.19. The lowest BCUT2D eigenvalue weighted by molar-refractivity contribution is 0.0172. The molecule has 2 atom stereocenters. The maximum absolute atomic E-state index is 13.9. The first-order valence-corrected chi connectivity index (χ1v) is 5.98. The highest BCUT2D eigenvalue weighted by Gasteiger charge is 2.32. The molecule has 1 aromatic carbocycles. The van der Waals surface area contributed by atoms with Gasteiger partial charge in [0.15, 0.2) is 0 Å². The fourth-order valence-corrected chi connectivity index (χ4v) is 2.78. The van der Waals surface area contributed by atoms with Gasteiger partial charge in [0.05, 0.1) is 6.61 Å². The number of nitrogens with one attached hydrogen (secondary N) is 1. The van der Waals surface area contributed by atoms with Gasteiger partial charge in [0.2, 0.25) is 0 Å². The summed E-state index contributed by atoms with van der Waals surface area (Å²) in [4.78, 5) is 0. The van der Waals surface area contributed by atoms with Crippen molar-refractivity contribution in [1.82, 2.24) is 5.32 Å². The van der Waals surface area contributed by atoms with Gasteiger partial charge in [-0.05, 0) is 37.4 Å². The van der Waals surface area contributed by atoms with Crippen LogP contribution in [0.3, 0.4) is 0 Å². The Bertz CT molecular complexity index is 388. The van der Waals surface area contributed by atoms with Gasteiger partial charge in [-0.1, -0.05) is 12.1 Å². The molecular formula is C13H16FNO. The molecule has 86 valence electrons. The number of hydrogen-bond donors (Lipinski definition) is 1. The highest BCUT2D eigenvalue weighted by atomic mass is 19.1. The van der Waals surface area contributed by atoms with E-state index < -0.39 is 0 Å². The number of benzene rings is 1. The Hall–Kier alpha value is -0.930. The standard InChI is InChI=1S/C13H16FNO/c14-10-4-1-3-9-6-8-16-13(12(9)10)11-5-2-7-15-11/h1,3-4,11,13,15H,2,5-8H2/t11?,13-/m1/s1. The molecule has 0 aliphatic carbocycles. The molecule has 1 fully saturated rings. The number of ether oxygens (including phenoxy) is 1. The van der Waals surface area contributed by atoms with Gasteiger partial charge in [-0.2, -0.15) is 0 Å². The van der Waals surface area contributed by atoms with E-state index in [0.717, 1.165) is 36.9 Å². The summed E-state index contributed by atoms with van der Waals surface area (Å²) >= 11 is 0. The lowest BCUT2D eigenvalue weighted by Crippen LogP contribution is -2.34. The van der Waals surface area contributed by atoms with Crippen LogP contribution in [0.1, 0.15) is 30.1 Å². The Morgan fingerprint density at radius 1 is 1.38 bits per heavy atom. The topological polar surface area (TPSA) is 21.3 Å². The smallest absolute Gasteiger partial charge is 0.129 e. The van der Waals surface area contributed by atoms with Crippen molar-refractivity contribution in [3.05, 3.63) is 35.1 Å². The number of rotatable bonds is 1. The van der Waals surface area contributed by atoms with Crippen LogP contribution < -0.4 is 5.32 Å². The second-order valence-corrected chi connectivity index (χ2v) is 4.56. The number of fused-ring (bicyclic) bond motifs is 1. The molecule has 0 radical (unpaired) electrons. The molecule has 1 unspecified atom stereocenters. The molecule has 0 spiro atoms. The van der Waals surface area contributed by atoms with Crippen molar-refractivity contribution in [1.29, 1.82) is 0 Å². The summed E-state index contributed by atoms with van der Waals surface area (Å²) in [5.74, 6) is -0.115. The lowest BCUT2D eigenvalue weighted by atomic mass is 9.92. The maximum atomic E-state index is 13.9. The molecule has 0 aromatic heterocycles. The van der Waals surface area contributed by atoms with Crippen molar-refractivity contribution in [2.75, 3.05) is 13.2 Å². The van der Waals surface area contributed by atoms with E-state index in [1.807, 2.05) is 6.07 Å². The minimum Gasteiger partial charge on any atom is -0.371 e. The van der Waals surface area contributed by atoms with Crippen LogP contribution in [0.25, 0.3) is 0 Å². The van der Waals surface area contributed by atoms with Gasteiger partial charge in [0, 0.05) is 11.6 Å². The minimum atomic E-state index is -0.115. The zero-order chi connectivity index (χ0) is 11.0. The molecule has 0 saturated carbocycles. The van der Waals surface area contributed by atoms with Gasteiger partial charge in [-0.15, -0.1) is 0 Å². The molecule has 0 bridgehead atoms. The van der Waals surface area contributed by atoms with Crippen molar-refractivity contribution in [2.45, 2.75) is 31.4 Å². The van der Waals surface area contributed by atoms with Crippen molar-refractivity contribution in [2.24, 2.45) is 0 Å². The zero-order valence-electron chi connectivity index (χ0n) is 9.21. The monoisotopic (exact) mass is 221 g/mol. The number of hydrogen-bond acceptors (Lipinski definition) is 2. The summed E-state index contributed by atoms with van der Waals surface area (Å²) < 4.78 is 19.6. The second-order valence-electron chi connectivity index (χ2n) is 4.56. The number of halogens is 1. The van der Waals surface area contributed by atoms with Gasteiger partial charge in [0.1, 0.15) is 11.9 Å². The molecule has 0 amide bonds. The average Bonchev–Trinajstić information content (AvgIpc) is 2.82. The summed E-state index contributed by atoms with van der Waals surface area (Å²) in [6.07, 6.45) is 2.98. The Balaban J connectivity index is 1.98. The van der Waals surface area contributed by atoms with E-state index in [9.17, 15) is 4.39 Å². The molecule has 2 aliphatic heterocycles. The Labute approximate surface area is 94.8 Å². The van der Waals surface area contributed by atoms with Crippen LogP contribution in [0, 0.1) is 5.82 Å². The molecule has 16 heavy (non-hydrogen) atoms. The van der Waals surface area contributed by atoms with Crippen LogP contribution in [0.15, 0.2) is 18.2 Å². The van der Waals surface area contributed by atoms with E-state index in [2.05, 4.69) is 5.32 Å². The quantitative estimate of drug-likeness (QED) is 0.785. The zero-order valence-corrected chi connectivity index (χ0v) is 9.21. The van der Waals surface area contributed by atoms with Gasteiger partial charge in [-0.25, -0.2) is 4.39 Å². The van der Waals surface area contributed by atoms with Gasteiger partial charge in [-0.3, -0.25) is 0 Å². The Morgan fingerprint density at radius 3 is 3.12 bits per heavy atom. The first-order chi connectivity index (χ1) is 7.86. The van der Waals surface area contributed by atoms with Crippen LogP contribution >= 0.6 is 0 Å². The molecule has 3 heteroatoms. The van der Waals surface area contributed by atoms with Crippen LogP contribution in [0.5, 0.6) is 0 Å². The fraction of sp³-hybridized carbons (Fsp3) is 0.538. The highest BCUT2D eigenvalue weighted by molar-refractivity contribution is 5.33. The predicted molar refractivity (Wildman–Crippen MR) is 59.8 cm³/mol. The van der Waals surface area contributed by atoms with Crippen molar-refractivity contribution >= 4 is 0 Å². The molecule has 2 aliphatic rings.